The number of carbonyl (C=O) groups is 3. The van der Waals surface area contributed by atoms with E-state index in [2.05, 4.69) is 17.2 Å². The lowest BCUT2D eigenvalue weighted by molar-refractivity contribution is -0.116. The molecule has 0 atom stereocenters. The Hall–Kier alpha value is -3.12. The Morgan fingerprint density at radius 2 is 1.86 bits per heavy atom. The molecule has 1 aliphatic heterocycles. The van der Waals surface area contributed by atoms with Crippen molar-refractivity contribution in [2.45, 2.75) is 13.3 Å². The lowest BCUT2D eigenvalue weighted by Gasteiger charge is -2.18. The molecular weight excluding hydrogens is 378 g/mol. The van der Waals surface area contributed by atoms with Gasteiger partial charge in [0.05, 0.1) is 11.3 Å². The summed E-state index contributed by atoms with van der Waals surface area (Å²) in [5.74, 6) is -1.03. The topological polar surface area (TPSA) is 78.5 Å². The minimum absolute atomic E-state index is 0.213. The van der Waals surface area contributed by atoms with Crippen LogP contribution in [-0.2, 0) is 4.79 Å². The highest BCUT2D eigenvalue weighted by Gasteiger charge is 2.32. The van der Waals surface area contributed by atoms with Gasteiger partial charge < -0.3 is 10.6 Å². The fourth-order valence-corrected chi connectivity index (χ4v) is 3.16. The van der Waals surface area contributed by atoms with Gasteiger partial charge in [-0.2, -0.15) is 0 Å². The first-order chi connectivity index (χ1) is 13.4. The zero-order chi connectivity index (χ0) is 20.3. The Balaban J connectivity index is 1.76. The molecule has 0 bridgehead atoms. The molecule has 0 aromatic heterocycles. The third-order valence-corrected chi connectivity index (χ3v) is 4.61. The minimum Gasteiger partial charge on any atom is -0.352 e. The molecule has 2 N–H and O–H groups in total. The van der Waals surface area contributed by atoms with Gasteiger partial charge in [0.25, 0.3) is 11.8 Å². The van der Waals surface area contributed by atoms with Gasteiger partial charge >= 0.3 is 0 Å². The summed E-state index contributed by atoms with van der Waals surface area (Å²) in [7, 11) is 0. The Morgan fingerprint density at radius 3 is 2.54 bits per heavy atom. The lowest BCUT2D eigenvalue weighted by atomic mass is 10.1. The fraction of sp³-hybridized carbons (Fsp3) is 0.190. The van der Waals surface area contributed by atoms with E-state index in [1.165, 1.54) is 11.0 Å². The van der Waals surface area contributed by atoms with E-state index in [1.807, 2.05) is 13.0 Å². The van der Waals surface area contributed by atoms with Crippen molar-refractivity contribution < 1.29 is 14.4 Å². The van der Waals surface area contributed by atoms with E-state index < -0.39 is 5.91 Å². The largest absolute Gasteiger partial charge is 0.352 e. The number of amides is 3. The number of nitrogens with zero attached hydrogens (tertiary/aromatic N) is 1. The molecule has 1 heterocycles. The summed E-state index contributed by atoms with van der Waals surface area (Å²) in [5.41, 5.74) is 2.30. The van der Waals surface area contributed by atoms with Gasteiger partial charge in [-0.15, -0.1) is 0 Å². The number of nitrogens with one attached hydrogen (secondary N) is 2. The van der Waals surface area contributed by atoms with E-state index in [-0.39, 0.29) is 18.4 Å². The SMILES string of the molecule is C=C1c2ccccc2C(=O)N1CC(=O)Nc1cc(Cl)ccc1C(=O)NCCC. The summed E-state index contributed by atoms with van der Waals surface area (Å²) in [6, 6.07) is 11.7. The first-order valence-corrected chi connectivity index (χ1v) is 9.28. The molecule has 7 heteroatoms. The Labute approximate surface area is 168 Å². The Kier molecular flexibility index (Phi) is 5.80. The molecule has 144 valence electrons. The monoisotopic (exact) mass is 397 g/mol. The molecule has 0 radical (unpaired) electrons. The maximum Gasteiger partial charge on any atom is 0.259 e. The highest BCUT2D eigenvalue weighted by Crippen LogP contribution is 2.31. The molecule has 0 fully saturated rings. The normalized spacial score (nSPS) is 12.7. The molecule has 0 unspecified atom stereocenters. The Bertz CT molecular complexity index is 936. The van der Waals surface area contributed by atoms with Crippen molar-refractivity contribution in [3.63, 3.8) is 0 Å². The molecule has 2 aromatic rings. The van der Waals surface area contributed by atoms with Crippen LogP contribution in [0.2, 0.25) is 5.02 Å². The van der Waals surface area contributed by atoms with Gasteiger partial charge in [0, 0.05) is 28.4 Å². The van der Waals surface area contributed by atoms with E-state index in [0.717, 1.165) is 6.42 Å². The van der Waals surface area contributed by atoms with Crippen LogP contribution in [0.1, 0.15) is 39.6 Å². The third kappa shape index (κ3) is 3.92. The number of fused-ring (bicyclic) bond motifs is 1. The maximum absolute atomic E-state index is 12.6. The van der Waals surface area contributed by atoms with Crippen LogP contribution in [0, 0.1) is 0 Å². The van der Waals surface area contributed by atoms with Crippen LogP contribution in [-0.4, -0.2) is 35.7 Å². The first-order valence-electron chi connectivity index (χ1n) is 8.90. The highest BCUT2D eigenvalue weighted by atomic mass is 35.5. The predicted octanol–water partition coefficient (Wildman–Crippen LogP) is 3.55. The van der Waals surface area contributed by atoms with Gasteiger partial charge in [0.2, 0.25) is 5.91 Å². The minimum atomic E-state index is -0.450. The van der Waals surface area contributed by atoms with E-state index >= 15 is 0 Å². The van der Waals surface area contributed by atoms with Crippen LogP contribution in [0.5, 0.6) is 0 Å². The average Bonchev–Trinajstić information content (AvgIpc) is 2.91. The fourth-order valence-electron chi connectivity index (χ4n) is 2.99. The zero-order valence-electron chi connectivity index (χ0n) is 15.4. The van der Waals surface area contributed by atoms with Crippen molar-refractivity contribution in [1.29, 1.82) is 0 Å². The van der Waals surface area contributed by atoms with Gasteiger partial charge in [0.1, 0.15) is 6.54 Å². The summed E-state index contributed by atoms with van der Waals surface area (Å²) >= 11 is 6.03. The molecule has 3 amide bonds. The smallest absolute Gasteiger partial charge is 0.259 e. The van der Waals surface area contributed by atoms with Crippen molar-refractivity contribution in [2.75, 3.05) is 18.4 Å². The summed E-state index contributed by atoms with van der Waals surface area (Å²) in [6.07, 6.45) is 0.792. The van der Waals surface area contributed by atoms with Gasteiger partial charge in [-0.3, -0.25) is 19.3 Å². The second-order valence-corrected chi connectivity index (χ2v) is 6.81. The molecule has 6 nitrogen and oxygen atoms in total. The molecule has 0 spiro atoms. The summed E-state index contributed by atoms with van der Waals surface area (Å²) in [5, 5.41) is 5.84. The van der Waals surface area contributed by atoms with Crippen LogP contribution < -0.4 is 10.6 Å². The van der Waals surface area contributed by atoms with Gasteiger partial charge in [-0.1, -0.05) is 43.3 Å². The number of hydrogen-bond acceptors (Lipinski definition) is 3. The molecule has 0 aliphatic carbocycles. The highest BCUT2D eigenvalue weighted by molar-refractivity contribution is 6.31. The Morgan fingerprint density at radius 1 is 1.14 bits per heavy atom. The number of benzene rings is 2. The third-order valence-electron chi connectivity index (χ3n) is 4.38. The number of rotatable bonds is 6. The van der Waals surface area contributed by atoms with Crippen molar-refractivity contribution in [3.05, 3.63) is 70.8 Å². The van der Waals surface area contributed by atoms with Crippen molar-refractivity contribution >= 4 is 40.7 Å². The summed E-state index contributed by atoms with van der Waals surface area (Å²) < 4.78 is 0. The number of anilines is 1. The summed E-state index contributed by atoms with van der Waals surface area (Å²) in [4.78, 5) is 38.8. The second kappa shape index (κ2) is 8.27. The van der Waals surface area contributed by atoms with Gasteiger partial charge in [-0.05, 0) is 30.7 Å². The molecule has 0 saturated heterocycles. The first kappa shape index (κ1) is 19.6. The molecule has 28 heavy (non-hydrogen) atoms. The van der Waals surface area contributed by atoms with Crippen molar-refractivity contribution in [1.82, 2.24) is 10.2 Å². The van der Waals surface area contributed by atoms with E-state index in [4.69, 9.17) is 11.6 Å². The number of halogens is 1. The zero-order valence-corrected chi connectivity index (χ0v) is 16.2. The standard InChI is InChI=1S/C21H20ClN3O3/c1-3-10-23-20(27)17-9-8-14(22)11-18(17)24-19(26)12-25-13(2)15-6-4-5-7-16(15)21(25)28/h4-9,11H,2-3,10,12H2,1H3,(H,23,27)(H,24,26). The molecule has 1 aliphatic rings. The molecule has 2 aromatic carbocycles. The van der Waals surface area contributed by atoms with Crippen LogP contribution in [0.4, 0.5) is 5.69 Å². The molecular formula is C21H20ClN3O3. The molecule has 0 saturated carbocycles. The van der Waals surface area contributed by atoms with E-state index in [9.17, 15) is 14.4 Å². The van der Waals surface area contributed by atoms with Gasteiger partial charge in [0.15, 0.2) is 0 Å². The quantitative estimate of drug-likeness (QED) is 0.782. The number of carbonyl (C=O) groups excluding carboxylic acids is 3. The maximum atomic E-state index is 12.6. The van der Waals surface area contributed by atoms with Crippen LogP contribution in [0.3, 0.4) is 0 Å². The van der Waals surface area contributed by atoms with Crippen molar-refractivity contribution in [2.24, 2.45) is 0 Å². The number of hydrogen-bond donors (Lipinski definition) is 2. The van der Waals surface area contributed by atoms with Crippen LogP contribution >= 0.6 is 11.6 Å². The van der Waals surface area contributed by atoms with Crippen LogP contribution in [0.15, 0.2) is 49.0 Å². The average molecular weight is 398 g/mol. The van der Waals surface area contributed by atoms with E-state index in [1.54, 1.807) is 30.3 Å². The summed E-state index contributed by atoms with van der Waals surface area (Å²) in [6.45, 7) is 6.18. The predicted molar refractivity (Wildman–Crippen MR) is 109 cm³/mol. The van der Waals surface area contributed by atoms with Gasteiger partial charge in [-0.25, -0.2) is 0 Å². The van der Waals surface area contributed by atoms with E-state index in [0.29, 0.717) is 39.6 Å². The van der Waals surface area contributed by atoms with Crippen LogP contribution in [0.25, 0.3) is 5.70 Å². The second-order valence-electron chi connectivity index (χ2n) is 6.38. The molecule has 3 rings (SSSR count). The lowest BCUT2D eigenvalue weighted by Crippen LogP contribution is -2.33. The van der Waals surface area contributed by atoms with Crippen molar-refractivity contribution in [3.8, 4) is 0 Å².